The van der Waals surface area contributed by atoms with E-state index < -0.39 is 5.97 Å². The fourth-order valence-electron chi connectivity index (χ4n) is 4.75. The number of carbonyl (C=O) groups is 1. The molecule has 1 aliphatic carbocycles. The summed E-state index contributed by atoms with van der Waals surface area (Å²) < 4.78 is 14.3. The molecular formula is C26H25FN2O2. The summed E-state index contributed by atoms with van der Waals surface area (Å²) >= 11 is 0. The first kappa shape index (κ1) is 19.9. The van der Waals surface area contributed by atoms with E-state index in [0.717, 1.165) is 36.6 Å². The summed E-state index contributed by atoms with van der Waals surface area (Å²) in [4.78, 5) is 18.2. The van der Waals surface area contributed by atoms with Crippen molar-refractivity contribution < 1.29 is 14.3 Å². The average molecular weight is 416 g/mol. The van der Waals surface area contributed by atoms with Crippen LogP contribution in [0.1, 0.15) is 52.4 Å². The molecule has 0 unspecified atom stereocenters. The van der Waals surface area contributed by atoms with Gasteiger partial charge in [0.2, 0.25) is 0 Å². The number of halogens is 1. The molecule has 1 saturated carbocycles. The number of aromatic nitrogens is 1. The number of aryl methyl sites for hydroxylation is 1. The SMILES string of the molecule is O=C(O)c1ccncc1CC[C@@H]1c2ccc(-c3ccccc3F)cc2CN1CC1CC1. The Labute approximate surface area is 181 Å². The zero-order valence-corrected chi connectivity index (χ0v) is 17.3. The van der Waals surface area contributed by atoms with Gasteiger partial charge < -0.3 is 5.11 Å². The molecule has 0 bridgehead atoms. The maximum absolute atomic E-state index is 14.3. The van der Waals surface area contributed by atoms with E-state index in [1.807, 2.05) is 18.2 Å². The number of aromatic carboxylic acids is 1. The lowest BCUT2D eigenvalue weighted by Gasteiger charge is -2.25. The Kier molecular flexibility index (Phi) is 5.28. The van der Waals surface area contributed by atoms with E-state index in [1.165, 1.54) is 36.2 Å². The molecule has 2 aromatic carbocycles. The topological polar surface area (TPSA) is 53.4 Å². The van der Waals surface area contributed by atoms with Crippen molar-refractivity contribution in [3.05, 3.63) is 89.0 Å². The van der Waals surface area contributed by atoms with E-state index in [1.54, 1.807) is 18.3 Å². The third-order valence-corrected chi connectivity index (χ3v) is 6.51. The number of carboxylic acid groups (broad SMARTS) is 1. The van der Waals surface area contributed by atoms with Gasteiger partial charge in [0.1, 0.15) is 5.82 Å². The number of carboxylic acids is 1. The molecule has 1 fully saturated rings. The molecule has 158 valence electrons. The summed E-state index contributed by atoms with van der Waals surface area (Å²) in [5.41, 5.74) is 5.17. The number of rotatable bonds is 7. The minimum Gasteiger partial charge on any atom is -0.478 e. The number of pyridine rings is 1. The van der Waals surface area contributed by atoms with Crippen molar-refractivity contribution in [2.75, 3.05) is 6.54 Å². The number of hydrogen-bond acceptors (Lipinski definition) is 3. The first-order valence-electron chi connectivity index (χ1n) is 10.9. The minimum absolute atomic E-state index is 0.204. The fourth-order valence-corrected chi connectivity index (χ4v) is 4.75. The molecule has 1 N–H and O–H groups in total. The van der Waals surface area contributed by atoms with E-state index in [-0.39, 0.29) is 11.9 Å². The van der Waals surface area contributed by atoms with Crippen molar-refractivity contribution in [2.45, 2.75) is 38.3 Å². The van der Waals surface area contributed by atoms with Crippen molar-refractivity contribution in [2.24, 2.45) is 5.92 Å². The van der Waals surface area contributed by atoms with Gasteiger partial charge in [-0.3, -0.25) is 9.88 Å². The standard InChI is InChI=1S/C26H25FN2O2/c27-24-4-2-1-3-21(24)18-7-9-22-20(13-18)16-29(15-17-5-6-17)25(22)10-8-19-14-28-12-11-23(19)26(30)31/h1-4,7,9,11-14,17,25H,5-6,8,10,15-16H2,(H,30,31)/t25-/m1/s1. The van der Waals surface area contributed by atoms with Crippen molar-refractivity contribution in [1.29, 1.82) is 0 Å². The molecule has 1 aliphatic heterocycles. The quantitative estimate of drug-likeness (QED) is 0.554. The summed E-state index contributed by atoms with van der Waals surface area (Å²) in [5, 5.41) is 9.49. The Morgan fingerprint density at radius 2 is 2.00 bits per heavy atom. The lowest BCUT2D eigenvalue weighted by Crippen LogP contribution is -2.25. The van der Waals surface area contributed by atoms with Gasteiger partial charge in [0.15, 0.2) is 0 Å². The normalized spacial score (nSPS) is 18.2. The number of hydrogen-bond donors (Lipinski definition) is 1. The monoisotopic (exact) mass is 416 g/mol. The predicted octanol–water partition coefficient (Wildman–Crippen LogP) is 5.49. The van der Waals surface area contributed by atoms with Gasteiger partial charge in [0, 0.05) is 37.1 Å². The molecule has 3 aromatic rings. The van der Waals surface area contributed by atoms with Gasteiger partial charge in [-0.25, -0.2) is 9.18 Å². The van der Waals surface area contributed by atoms with Crippen LogP contribution in [-0.2, 0) is 13.0 Å². The van der Waals surface area contributed by atoms with Gasteiger partial charge in [-0.05, 0) is 72.1 Å². The molecule has 2 aliphatic rings. The van der Waals surface area contributed by atoms with Crippen molar-refractivity contribution in [3.8, 4) is 11.1 Å². The molecule has 0 radical (unpaired) electrons. The van der Waals surface area contributed by atoms with Crippen LogP contribution in [0, 0.1) is 11.7 Å². The molecule has 5 rings (SSSR count). The summed E-state index contributed by atoms with van der Waals surface area (Å²) in [5.74, 6) is -0.353. The Morgan fingerprint density at radius 3 is 2.77 bits per heavy atom. The van der Waals surface area contributed by atoms with Crippen LogP contribution in [0.15, 0.2) is 60.9 Å². The van der Waals surface area contributed by atoms with Crippen molar-refractivity contribution in [1.82, 2.24) is 9.88 Å². The highest BCUT2D eigenvalue weighted by atomic mass is 19.1. The van der Waals surface area contributed by atoms with E-state index in [2.05, 4.69) is 22.0 Å². The average Bonchev–Trinajstić information content (AvgIpc) is 3.52. The lowest BCUT2D eigenvalue weighted by atomic mass is 9.94. The maximum Gasteiger partial charge on any atom is 0.336 e. The summed E-state index contributed by atoms with van der Waals surface area (Å²) in [6.07, 6.45) is 7.27. The molecule has 0 spiro atoms. The van der Waals surface area contributed by atoms with Gasteiger partial charge in [0.25, 0.3) is 0 Å². The zero-order chi connectivity index (χ0) is 21.4. The Hall–Kier alpha value is -3.05. The minimum atomic E-state index is -0.909. The third kappa shape index (κ3) is 4.10. The molecule has 4 nitrogen and oxygen atoms in total. The molecule has 1 atom stereocenters. The van der Waals surface area contributed by atoms with Gasteiger partial charge in [-0.1, -0.05) is 30.3 Å². The van der Waals surface area contributed by atoms with Crippen LogP contribution in [0.2, 0.25) is 0 Å². The first-order chi connectivity index (χ1) is 15.1. The van der Waals surface area contributed by atoms with Crippen molar-refractivity contribution in [3.63, 3.8) is 0 Å². The first-order valence-corrected chi connectivity index (χ1v) is 10.9. The molecule has 0 amide bonds. The molecule has 0 saturated heterocycles. The lowest BCUT2D eigenvalue weighted by molar-refractivity contribution is 0.0695. The Bertz CT molecular complexity index is 1130. The highest BCUT2D eigenvalue weighted by Crippen LogP contribution is 2.42. The van der Waals surface area contributed by atoms with Gasteiger partial charge >= 0.3 is 5.97 Å². The summed E-state index contributed by atoms with van der Waals surface area (Å²) in [6.45, 7) is 1.92. The number of fused-ring (bicyclic) bond motifs is 1. The van der Waals surface area contributed by atoms with Gasteiger partial charge in [-0.15, -0.1) is 0 Å². The molecular weight excluding hydrogens is 391 g/mol. The largest absolute Gasteiger partial charge is 0.478 e. The van der Waals surface area contributed by atoms with Crippen LogP contribution >= 0.6 is 0 Å². The van der Waals surface area contributed by atoms with E-state index >= 15 is 0 Å². The van der Waals surface area contributed by atoms with Crippen LogP contribution in [0.3, 0.4) is 0 Å². The van der Waals surface area contributed by atoms with Gasteiger partial charge in [0.05, 0.1) is 5.56 Å². The van der Waals surface area contributed by atoms with Crippen LogP contribution in [0.25, 0.3) is 11.1 Å². The van der Waals surface area contributed by atoms with E-state index in [0.29, 0.717) is 17.5 Å². The van der Waals surface area contributed by atoms with Crippen LogP contribution in [-0.4, -0.2) is 27.5 Å². The zero-order valence-electron chi connectivity index (χ0n) is 17.3. The summed E-state index contributed by atoms with van der Waals surface area (Å²) in [6, 6.07) is 15.0. The van der Waals surface area contributed by atoms with Crippen LogP contribution in [0.5, 0.6) is 0 Å². The highest BCUT2D eigenvalue weighted by Gasteiger charge is 2.34. The smallest absolute Gasteiger partial charge is 0.336 e. The summed E-state index contributed by atoms with van der Waals surface area (Å²) in [7, 11) is 0. The van der Waals surface area contributed by atoms with Gasteiger partial charge in [-0.2, -0.15) is 0 Å². The van der Waals surface area contributed by atoms with Crippen molar-refractivity contribution >= 4 is 5.97 Å². The van der Waals surface area contributed by atoms with Crippen LogP contribution in [0.4, 0.5) is 4.39 Å². The predicted molar refractivity (Wildman–Crippen MR) is 117 cm³/mol. The fraction of sp³-hybridized carbons (Fsp3) is 0.308. The molecule has 2 heterocycles. The Balaban J connectivity index is 1.42. The molecule has 31 heavy (non-hydrogen) atoms. The highest BCUT2D eigenvalue weighted by molar-refractivity contribution is 5.89. The molecule has 5 heteroatoms. The van der Waals surface area contributed by atoms with E-state index in [9.17, 15) is 14.3 Å². The van der Waals surface area contributed by atoms with Crippen LogP contribution < -0.4 is 0 Å². The maximum atomic E-state index is 14.3. The number of nitrogens with zero attached hydrogens (tertiary/aromatic N) is 2. The van der Waals surface area contributed by atoms with E-state index in [4.69, 9.17) is 0 Å². The second-order valence-corrected chi connectivity index (χ2v) is 8.66. The molecule has 1 aromatic heterocycles. The second kappa shape index (κ2) is 8.23. The Morgan fingerprint density at radius 1 is 1.16 bits per heavy atom. The number of benzene rings is 2. The third-order valence-electron chi connectivity index (χ3n) is 6.51. The second-order valence-electron chi connectivity index (χ2n) is 8.66.